The summed E-state index contributed by atoms with van der Waals surface area (Å²) >= 11 is 0. The topological polar surface area (TPSA) is 23.3 Å². The van der Waals surface area contributed by atoms with Crippen molar-refractivity contribution in [3.63, 3.8) is 0 Å². The van der Waals surface area contributed by atoms with Crippen LogP contribution < -0.4 is 0 Å². The van der Waals surface area contributed by atoms with E-state index in [0.29, 0.717) is 12.0 Å². The zero-order valence-electron chi connectivity index (χ0n) is 11.7. The summed E-state index contributed by atoms with van der Waals surface area (Å²) in [7, 11) is 3.78. The van der Waals surface area contributed by atoms with Crippen LogP contribution >= 0.6 is 0 Å². The molecule has 0 aliphatic carbocycles. The van der Waals surface area contributed by atoms with Crippen LogP contribution in [0.2, 0.25) is 0 Å². The van der Waals surface area contributed by atoms with E-state index in [1.165, 1.54) is 5.57 Å². The molecular weight excluding hydrogens is 224 g/mol. The number of carbonyl (C=O) groups excluding carboxylic acids is 1. The third-order valence-corrected chi connectivity index (χ3v) is 3.16. The van der Waals surface area contributed by atoms with Gasteiger partial charge >= 0.3 is 0 Å². The van der Waals surface area contributed by atoms with E-state index >= 15 is 0 Å². The minimum Gasteiger partial charge on any atom is -0.315 e. The highest BCUT2D eigenvalue weighted by Crippen LogP contribution is 2.25. The quantitative estimate of drug-likeness (QED) is 0.316. The molecule has 1 aliphatic rings. The van der Waals surface area contributed by atoms with Gasteiger partial charge in [0, 0.05) is 24.7 Å². The normalized spacial score (nSPS) is 18.9. The third-order valence-electron chi connectivity index (χ3n) is 3.16. The van der Waals surface area contributed by atoms with Gasteiger partial charge < -0.3 is 4.90 Å². The molecule has 0 radical (unpaired) electrons. The molecule has 3 heteroatoms. The van der Waals surface area contributed by atoms with Gasteiger partial charge in [0.15, 0.2) is 6.54 Å². The zero-order chi connectivity index (χ0) is 13.7. The second kappa shape index (κ2) is 6.34. The van der Waals surface area contributed by atoms with Crippen LogP contribution in [0.25, 0.3) is 0 Å². The minimum absolute atomic E-state index is 0.0463. The van der Waals surface area contributed by atoms with Gasteiger partial charge in [0.1, 0.15) is 13.8 Å². The molecule has 0 spiro atoms. The van der Waals surface area contributed by atoms with Gasteiger partial charge in [-0.2, -0.15) is 0 Å². The van der Waals surface area contributed by atoms with Crippen molar-refractivity contribution in [2.45, 2.75) is 26.2 Å². The van der Waals surface area contributed by atoms with Crippen LogP contribution in [0, 0.1) is 0 Å². The first kappa shape index (κ1) is 14.4. The number of nitrogens with zero attached hydrogens (tertiary/aromatic N) is 2. The standard InChI is InChI=1S/C15H23N2O/c1-6-13(11-16(3)4)8-7-9-14-10-12(2)15(18)17(14)5/h6,9H,2-3,7-8,10-11H2,1,4-5H3/q+1. The summed E-state index contributed by atoms with van der Waals surface area (Å²) in [5.41, 5.74) is 3.13. The highest BCUT2D eigenvalue weighted by Gasteiger charge is 2.25. The zero-order valence-corrected chi connectivity index (χ0v) is 11.7. The second-order valence-corrected chi connectivity index (χ2v) is 4.84. The third kappa shape index (κ3) is 3.69. The molecule has 1 rings (SSSR count). The van der Waals surface area contributed by atoms with Gasteiger partial charge in [0.2, 0.25) is 0 Å². The maximum Gasteiger partial charge on any atom is 0.253 e. The Hall–Kier alpha value is -1.64. The van der Waals surface area contributed by atoms with Gasteiger partial charge in [-0.1, -0.05) is 18.7 Å². The van der Waals surface area contributed by atoms with Gasteiger partial charge in [0.25, 0.3) is 5.91 Å². The number of carbonyl (C=O) groups is 1. The van der Waals surface area contributed by atoms with Crippen molar-refractivity contribution in [3.8, 4) is 0 Å². The average molecular weight is 247 g/mol. The summed E-state index contributed by atoms with van der Waals surface area (Å²) in [6.07, 6.45) is 6.93. The monoisotopic (exact) mass is 247 g/mol. The van der Waals surface area contributed by atoms with Gasteiger partial charge in [0.05, 0.1) is 0 Å². The Balaban J connectivity index is 2.53. The number of rotatable bonds is 5. The lowest BCUT2D eigenvalue weighted by atomic mass is 10.1. The first-order chi connectivity index (χ1) is 8.45. The molecule has 0 N–H and O–H groups in total. The van der Waals surface area contributed by atoms with Crippen molar-refractivity contribution in [2.75, 3.05) is 20.6 Å². The molecule has 1 aliphatic heterocycles. The number of hydrogen-bond acceptors (Lipinski definition) is 1. The van der Waals surface area contributed by atoms with E-state index in [1.807, 2.05) is 18.7 Å². The molecular formula is C15H23N2O+. The van der Waals surface area contributed by atoms with E-state index in [-0.39, 0.29) is 5.91 Å². The average Bonchev–Trinajstić information content (AvgIpc) is 2.55. The lowest BCUT2D eigenvalue weighted by Gasteiger charge is -2.10. The Morgan fingerprint density at radius 2 is 2.22 bits per heavy atom. The Labute approximate surface area is 110 Å². The molecule has 1 saturated heterocycles. The molecule has 0 bridgehead atoms. The number of amides is 1. The largest absolute Gasteiger partial charge is 0.315 e. The number of likely N-dealkylation sites (N-methyl/N-ethyl adjacent to an activating group) is 2. The molecule has 0 unspecified atom stereocenters. The van der Waals surface area contributed by atoms with Gasteiger partial charge in [-0.05, 0) is 25.3 Å². The fourth-order valence-electron chi connectivity index (χ4n) is 2.08. The fourth-order valence-corrected chi connectivity index (χ4v) is 2.08. The maximum atomic E-state index is 11.6. The van der Waals surface area contributed by atoms with Gasteiger partial charge in [-0.15, -0.1) is 0 Å². The van der Waals surface area contributed by atoms with E-state index in [0.717, 1.165) is 25.1 Å². The summed E-state index contributed by atoms with van der Waals surface area (Å²) in [5, 5.41) is 0. The SMILES string of the molecule is C=C1CC(=CCCC(=CC)C[N+](=C)C)N(C)C1=O. The lowest BCUT2D eigenvalue weighted by molar-refractivity contribution is -0.479. The van der Waals surface area contributed by atoms with E-state index < -0.39 is 0 Å². The molecule has 0 saturated carbocycles. The molecule has 1 fully saturated rings. The highest BCUT2D eigenvalue weighted by atomic mass is 16.2. The van der Waals surface area contributed by atoms with Crippen molar-refractivity contribution in [1.82, 2.24) is 4.90 Å². The number of hydrogen-bond donors (Lipinski definition) is 0. The second-order valence-electron chi connectivity index (χ2n) is 4.84. The van der Waals surface area contributed by atoms with Gasteiger partial charge in [-0.25, -0.2) is 4.58 Å². The minimum atomic E-state index is 0.0463. The van der Waals surface area contributed by atoms with Crippen LogP contribution in [0.4, 0.5) is 0 Å². The van der Waals surface area contributed by atoms with Crippen molar-refractivity contribution < 1.29 is 9.37 Å². The smallest absolute Gasteiger partial charge is 0.253 e. The van der Waals surface area contributed by atoms with Crippen molar-refractivity contribution in [3.05, 3.63) is 35.6 Å². The first-order valence-electron chi connectivity index (χ1n) is 6.26. The van der Waals surface area contributed by atoms with Crippen molar-refractivity contribution in [2.24, 2.45) is 0 Å². The Morgan fingerprint density at radius 3 is 2.67 bits per heavy atom. The fraction of sp³-hybridized carbons (Fsp3) is 0.467. The van der Waals surface area contributed by atoms with Gasteiger partial charge in [-0.3, -0.25) is 4.79 Å². The van der Waals surface area contributed by atoms with E-state index in [1.54, 1.807) is 4.90 Å². The van der Waals surface area contributed by atoms with E-state index in [2.05, 4.69) is 32.4 Å². The Morgan fingerprint density at radius 1 is 1.56 bits per heavy atom. The van der Waals surface area contributed by atoms with Crippen LogP contribution in [0.15, 0.2) is 35.6 Å². The van der Waals surface area contributed by atoms with Crippen LogP contribution in [0.5, 0.6) is 0 Å². The Bertz CT molecular complexity index is 430. The van der Waals surface area contributed by atoms with Crippen LogP contribution in [0.3, 0.4) is 0 Å². The van der Waals surface area contributed by atoms with E-state index in [9.17, 15) is 4.79 Å². The summed E-state index contributed by atoms with van der Waals surface area (Å²) in [5.74, 6) is 0.0463. The predicted octanol–water partition coefficient (Wildman–Crippen LogP) is 2.36. The molecule has 0 aromatic carbocycles. The van der Waals surface area contributed by atoms with Crippen LogP contribution in [-0.4, -0.2) is 42.7 Å². The molecule has 0 aromatic rings. The molecule has 3 nitrogen and oxygen atoms in total. The summed E-state index contributed by atoms with van der Waals surface area (Å²) in [6, 6.07) is 0. The summed E-state index contributed by atoms with van der Waals surface area (Å²) < 4.78 is 1.93. The molecule has 1 amide bonds. The molecule has 0 aromatic heterocycles. The van der Waals surface area contributed by atoms with Crippen molar-refractivity contribution in [1.29, 1.82) is 0 Å². The molecule has 18 heavy (non-hydrogen) atoms. The van der Waals surface area contributed by atoms with Crippen LogP contribution in [0.1, 0.15) is 26.2 Å². The molecule has 98 valence electrons. The number of allylic oxidation sites excluding steroid dienone is 3. The molecule has 1 heterocycles. The maximum absolute atomic E-state index is 11.6. The van der Waals surface area contributed by atoms with Crippen LogP contribution in [-0.2, 0) is 4.79 Å². The van der Waals surface area contributed by atoms with E-state index in [4.69, 9.17) is 0 Å². The highest BCUT2D eigenvalue weighted by molar-refractivity contribution is 5.97. The first-order valence-corrected chi connectivity index (χ1v) is 6.26. The molecule has 0 atom stereocenters. The summed E-state index contributed by atoms with van der Waals surface area (Å²) in [6.45, 7) is 10.6. The number of likely N-dealkylation sites (tertiary alicyclic amines) is 1. The predicted molar refractivity (Wildman–Crippen MR) is 75.8 cm³/mol. The van der Waals surface area contributed by atoms with Crippen molar-refractivity contribution >= 4 is 12.6 Å². The summed E-state index contributed by atoms with van der Waals surface area (Å²) in [4.78, 5) is 13.3. The Kier molecular flexibility index (Phi) is 5.08. The lowest BCUT2D eigenvalue weighted by Crippen LogP contribution is -2.17.